The highest BCUT2D eigenvalue weighted by molar-refractivity contribution is 5.14. The van der Waals surface area contributed by atoms with Crippen molar-refractivity contribution in [1.82, 2.24) is 5.32 Å². The van der Waals surface area contributed by atoms with Crippen LogP contribution < -0.4 is 5.32 Å². The Morgan fingerprint density at radius 2 is 1.94 bits per heavy atom. The molecule has 0 aliphatic carbocycles. The fourth-order valence-electron chi connectivity index (χ4n) is 1.82. The van der Waals surface area contributed by atoms with Gasteiger partial charge in [0, 0.05) is 6.04 Å². The minimum atomic E-state index is -0.216. The molecule has 0 aromatic heterocycles. The molecule has 1 unspecified atom stereocenters. The number of hydrogen-bond acceptors (Lipinski definition) is 2. The standard InChI is InChI=1S/C16H24N2/c1-14(18-12-11-16(2,3)13-17)9-10-15-7-5-4-6-8-15/h4-8,14,18H,9-12H2,1-3H3. The summed E-state index contributed by atoms with van der Waals surface area (Å²) in [5.74, 6) is 0. The number of nitriles is 1. The van der Waals surface area contributed by atoms with E-state index >= 15 is 0 Å². The number of aryl methyl sites for hydroxylation is 1. The second kappa shape index (κ2) is 7.18. The fraction of sp³-hybridized carbons (Fsp3) is 0.562. The van der Waals surface area contributed by atoms with E-state index in [-0.39, 0.29) is 5.41 Å². The quantitative estimate of drug-likeness (QED) is 0.796. The number of hydrogen-bond donors (Lipinski definition) is 1. The first-order valence-electron chi connectivity index (χ1n) is 6.72. The summed E-state index contributed by atoms with van der Waals surface area (Å²) in [6, 6.07) is 13.4. The molecule has 0 spiro atoms. The van der Waals surface area contributed by atoms with Crippen molar-refractivity contribution in [3.63, 3.8) is 0 Å². The molecule has 2 heteroatoms. The second-order valence-electron chi connectivity index (χ2n) is 5.63. The summed E-state index contributed by atoms with van der Waals surface area (Å²) in [5, 5.41) is 12.4. The molecule has 1 atom stereocenters. The van der Waals surface area contributed by atoms with E-state index in [1.165, 1.54) is 5.56 Å². The lowest BCUT2D eigenvalue weighted by Gasteiger charge is -2.18. The normalized spacial score (nSPS) is 13.0. The van der Waals surface area contributed by atoms with E-state index in [0.29, 0.717) is 6.04 Å². The van der Waals surface area contributed by atoms with Gasteiger partial charge in [-0.05, 0) is 52.1 Å². The zero-order valence-corrected chi connectivity index (χ0v) is 11.7. The molecule has 1 aromatic carbocycles. The highest BCUT2D eigenvalue weighted by atomic mass is 14.9. The third-order valence-electron chi connectivity index (χ3n) is 3.25. The number of nitrogens with one attached hydrogen (secondary N) is 1. The fourth-order valence-corrected chi connectivity index (χ4v) is 1.82. The third-order valence-corrected chi connectivity index (χ3v) is 3.25. The molecule has 0 aliphatic heterocycles. The molecule has 1 rings (SSSR count). The van der Waals surface area contributed by atoms with Crippen LogP contribution in [0.25, 0.3) is 0 Å². The Bertz CT molecular complexity index is 376. The zero-order chi connectivity index (χ0) is 13.4. The van der Waals surface area contributed by atoms with Gasteiger partial charge in [-0.3, -0.25) is 0 Å². The van der Waals surface area contributed by atoms with E-state index < -0.39 is 0 Å². The van der Waals surface area contributed by atoms with E-state index in [9.17, 15) is 0 Å². The van der Waals surface area contributed by atoms with Crippen LogP contribution in [0.1, 0.15) is 39.2 Å². The lowest BCUT2D eigenvalue weighted by Crippen LogP contribution is -2.30. The van der Waals surface area contributed by atoms with Crippen molar-refractivity contribution in [1.29, 1.82) is 5.26 Å². The number of nitrogens with zero attached hydrogens (tertiary/aromatic N) is 1. The molecule has 0 heterocycles. The van der Waals surface area contributed by atoms with Crippen molar-refractivity contribution in [2.75, 3.05) is 6.54 Å². The molecular formula is C16H24N2. The summed E-state index contributed by atoms with van der Waals surface area (Å²) in [5.41, 5.74) is 1.18. The van der Waals surface area contributed by atoms with Crippen molar-refractivity contribution in [2.45, 2.75) is 46.1 Å². The van der Waals surface area contributed by atoms with Crippen LogP contribution in [-0.2, 0) is 6.42 Å². The highest BCUT2D eigenvalue weighted by Gasteiger charge is 2.16. The van der Waals surface area contributed by atoms with Crippen LogP contribution in [0.2, 0.25) is 0 Å². The minimum Gasteiger partial charge on any atom is -0.314 e. The van der Waals surface area contributed by atoms with Crippen LogP contribution in [0, 0.1) is 16.7 Å². The average Bonchev–Trinajstić information content (AvgIpc) is 2.37. The highest BCUT2D eigenvalue weighted by Crippen LogP contribution is 2.17. The Morgan fingerprint density at radius 3 is 2.56 bits per heavy atom. The monoisotopic (exact) mass is 244 g/mol. The maximum Gasteiger partial charge on any atom is 0.0684 e. The van der Waals surface area contributed by atoms with Crippen LogP contribution in [-0.4, -0.2) is 12.6 Å². The summed E-state index contributed by atoms with van der Waals surface area (Å²) < 4.78 is 0. The molecular weight excluding hydrogens is 220 g/mol. The maximum atomic E-state index is 8.93. The van der Waals surface area contributed by atoms with Gasteiger partial charge in [0.2, 0.25) is 0 Å². The zero-order valence-electron chi connectivity index (χ0n) is 11.7. The first-order valence-corrected chi connectivity index (χ1v) is 6.72. The van der Waals surface area contributed by atoms with Crippen molar-refractivity contribution in [2.24, 2.45) is 5.41 Å². The summed E-state index contributed by atoms with van der Waals surface area (Å²) in [6.45, 7) is 7.10. The van der Waals surface area contributed by atoms with Crippen LogP contribution in [0.5, 0.6) is 0 Å². The van der Waals surface area contributed by atoms with Crippen molar-refractivity contribution < 1.29 is 0 Å². The molecule has 1 N–H and O–H groups in total. The molecule has 2 nitrogen and oxygen atoms in total. The Balaban J connectivity index is 2.19. The predicted octanol–water partition coefficient (Wildman–Crippen LogP) is 3.54. The largest absolute Gasteiger partial charge is 0.314 e. The molecule has 0 radical (unpaired) electrons. The van der Waals surface area contributed by atoms with E-state index in [0.717, 1.165) is 25.8 Å². The lowest BCUT2D eigenvalue weighted by molar-refractivity contribution is 0.407. The molecule has 1 aromatic rings. The number of benzene rings is 1. The van der Waals surface area contributed by atoms with Gasteiger partial charge >= 0.3 is 0 Å². The maximum absolute atomic E-state index is 8.93. The molecule has 0 fully saturated rings. The first kappa shape index (κ1) is 14.7. The van der Waals surface area contributed by atoms with Crippen molar-refractivity contribution in [3.8, 4) is 6.07 Å². The molecule has 18 heavy (non-hydrogen) atoms. The Morgan fingerprint density at radius 1 is 1.28 bits per heavy atom. The average molecular weight is 244 g/mol. The SMILES string of the molecule is CC(CCc1ccccc1)NCCC(C)(C)C#N. The van der Waals surface area contributed by atoms with Gasteiger partial charge < -0.3 is 5.32 Å². The lowest BCUT2D eigenvalue weighted by atomic mass is 9.91. The van der Waals surface area contributed by atoms with Gasteiger partial charge in [0.15, 0.2) is 0 Å². The Kier molecular flexibility index (Phi) is 5.88. The van der Waals surface area contributed by atoms with Gasteiger partial charge in [-0.25, -0.2) is 0 Å². The smallest absolute Gasteiger partial charge is 0.0684 e. The molecule has 0 amide bonds. The number of rotatable bonds is 7. The van der Waals surface area contributed by atoms with E-state index in [1.54, 1.807) is 0 Å². The molecule has 0 saturated carbocycles. The van der Waals surface area contributed by atoms with Gasteiger partial charge in [-0.15, -0.1) is 0 Å². The van der Waals surface area contributed by atoms with Gasteiger partial charge in [-0.1, -0.05) is 30.3 Å². The summed E-state index contributed by atoms with van der Waals surface area (Å²) in [7, 11) is 0. The van der Waals surface area contributed by atoms with Crippen molar-refractivity contribution in [3.05, 3.63) is 35.9 Å². The van der Waals surface area contributed by atoms with Crippen LogP contribution >= 0.6 is 0 Å². The van der Waals surface area contributed by atoms with Crippen LogP contribution in [0.15, 0.2) is 30.3 Å². The summed E-state index contributed by atoms with van der Waals surface area (Å²) in [4.78, 5) is 0. The Hall–Kier alpha value is -1.33. The van der Waals surface area contributed by atoms with Crippen LogP contribution in [0.4, 0.5) is 0 Å². The van der Waals surface area contributed by atoms with E-state index in [1.807, 2.05) is 13.8 Å². The second-order valence-corrected chi connectivity index (χ2v) is 5.63. The predicted molar refractivity (Wildman–Crippen MR) is 76.2 cm³/mol. The Labute approximate surface area is 111 Å². The van der Waals surface area contributed by atoms with E-state index in [4.69, 9.17) is 5.26 Å². The summed E-state index contributed by atoms with van der Waals surface area (Å²) in [6.07, 6.45) is 3.15. The minimum absolute atomic E-state index is 0.216. The first-order chi connectivity index (χ1) is 8.53. The molecule has 98 valence electrons. The topological polar surface area (TPSA) is 35.8 Å². The summed E-state index contributed by atoms with van der Waals surface area (Å²) >= 11 is 0. The molecule has 0 bridgehead atoms. The van der Waals surface area contributed by atoms with E-state index in [2.05, 4.69) is 48.6 Å². The van der Waals surface area contributed by atoms with Gasteiger partial charge in [-0.2, -0.15) is 5.26 Å². The van der Waals surface area contributed by atoms with Gasteiger partial charge in [0.25, 0.3) is 0 Å². The van der Waals surface area contributed by atoms with Gasteiger partial charge in [0.1, 0.15) is 0 Å². The van der Waals surface area contributed by atoms with Gasteiger partial charge in [0.05, 0.1) is 11.5 Å². The van der Waals surface area contributed by atoms with Crippen molar-refractivity contribution >= 4 is 0 Å². The molecule has 0 aliphatic rings. The third kappa shape index (κ3) is 5.84. The van der Waals surface area contributed by atoms with Crippen LogP contribution in [0.3, 0.4) is 0 Å². The molecule has 0 saturated heterocycles.